The average molecular weight is 594 g/mol. The highest BCUT2D eigenvalue weighted by atomic mass is 79.9. The highest BCUT2D eigenvalue weighted by Gasteiger charge is 2.39. The number of benzene rings is 2. The molecule has 0 radical (unpaired) electrons. The number of hydrogen-bond acceptors (Lipinski definition) is 6. The van der Waals surface area contributed by atoms with Gasteiger partial charge in [0.15, 0.2) is 0 Å². The van der Waals surface area contributed by atoms with Crippen molar-refractivity contribution in [2.24, 2.45) is 11.1 Å². The van der Waals surface area contributed by atoms with Crippen LogP contribution in [0.25, 0.3) is 10.9 Å². The summed E-state index contributed by atoms with van der Waals surface area (Å²) in [6.07, 6.45) is 5.55. The lowest BCUT2D eigenvalue weighted by atomic mass is 9.82. The number of nitrogens with zero attached hydrogens (tertiary/aromatic N) is 4. The Morgan fingerprint density at radius 2 is 1.79 bits per heavy atom. The van der Waals surface area contributed by atoms with Crippen LogP contribution in [0.1, 0.15) is 61.0 Å². The molecule has 7 nitrogen and oxygen atoms in total. The molecule has 206 valence electrons. The molecule has 1 N–H and O–H groups in total. The molecule has 0 spiro atoms. The second kappa shape index (κ2) is 11.6. The number of oxime groups is 1. The lowest BCUT2D eigenvalue weighted by molar-refractivity contribution is 0.0162. The number of carbonyl (C=O) groups excluding carboxylic acids is 1. The Labute approximate surface area is 239 Å². The Bertz CT molecular complexity index is 1360. The third-order valence-electron chi connectivity index (χ3n) is 8.52. The van der Waals surface area contributed by atoms with Gasteiger partial charge in [-0.05, 0) is 94.9 Å². The van der Waals surface area contributed by atoms with Crippen molar-refractivity contribution in [2.75, 3.05) is 32.8 Å². The maximum absolute atomic E-state index is 13.6. The van der Waals surface area contributed by atoms with Gasteiger partial charge in [0.05, 0.1) is 22.2 Å². The molecule has 0 atom stereocenters. The third-order valence-corrected chi connectivity index (χ3v) is 9.05. The quantitative estimate of drug-likeness (QED) is 0.274. The van der Waals surface area contributed by atoms with Crippen LogP contribution in [0.15, 0.2) is 58.3 Å². The van der Waals surface area contributed by atoms with Crippen molar-refractivity contribution in [1.82, 2.24) is 14.8 Å². The van der Waals surface area contributed by atoms with E-state index in [9.17, 15) is 9.90 Å². The molecule has 2 saturated heterocycles. The number of halogens is 1. The van der Waals surface area contributed by atoms with Gasteiger partial charge in [0.25, 0.3) is 5.91 Å². The normalized spacial score (nSPS) is 18.9. The number of phenolic OH excluding ortho intramolecular Hbond substituents is 1. The number of likely N-dealkylation sites (tertiary alicyclic amines) is 2. The van der Waals surface area contributed by atoms with Crippen LogP contribution in [-0.4, -0.2) is 69.8 Å². The molecule has 8 heteroatoms. The van der Waals surface area contributed by atoms with E-state index in [2.05, 4.69) is 62.2 Å². The molecule has 0 aliphatic carbocycles. The smallest absolute Gasteiger partial charge is 0.254 e. The molecule has 1 aromatic heterocycles. The molecule has 0 unspecified atom stereocenters. The largest absolute Gasteiger partial charge is 0.507 e. The van der Waals surface area contributed by atoms with Crippen molar-refractivity contribution in [3.8, 4) is 5.75 Å². The Morgan fingerprint density at radius 3 is 2.46 bits per heavy atom. The first-order valence-corrected chi connectivity index (χ1v) is 14.7. The van der Waals surface area contributed by atoms with Crippen molar-refractivity contribution >= 4 is 38.5 Å². The second-order valence-electron chi connectivity index (χ2n) is 10.9. The molecule has 3 aromatic rings. The van der Waals surface area contributed by atoms with Crippen LogP contribution in [0.5, 0.6) is 5.75 Å². The van der Waals surface area contributed by atoms with Crippen LogP contribution < -0.4 is 0 Å². The number of amides is 1. The maximum Gasteiger partial charge on any atom is 0.254 e. The number of hydrogen-bond donors (Lipinski definition) is 1. The first-order chi connectivity index (χ1) is 18.8. The van der Waals surface area contributed by atoms with Crippen molar-refractivity contribution in [3.05, 3.63) is 69.8 Å². The predicted molar refractivity (Wildman–Crippen MR) is 158 cm³/mol. The van der Waals surface area contributed by atoms with Crippen LogP contribution in [0.2, 0.25) is 0 Å². The van der Waals surface area contributed by atoms with Crippen LogP contribution in [-0.2, 0) is 4.84 Å². The monoisotopic (exact) mass is 592 g/mol. The summed E-state index contributed by atoms with van der Waals surface area (Å²) in [5.74, 6) is 0.467. The summed E-state index contributed by atoms with van der Waals surface area (Å²) in [6.45, 7) is 10.1. The molecule has 2 aliphatic heterocycles. The summed E-state index contributed by atoms with van der Waals surface area (Å²) in [5, 5.41) is 15.8. The summed E-state index contributed by atoms with van der Waals surface area (Å²) in [5.41, 5.74) is 4.12. The zero-order valence-corrected chi connectivity index (χ0v) is 24.6. The molecule has 2 aromatic carbocycles. The van der Waals surface area contributed by atoms with Gasteiger partial charge in [0.1, 0.15) is 12.4 Å². The summed E-state index contributed by atoms with van der Waals surface area (Å²) in [4.78, 5) is 28.0. The Balaban J connectivity index is 1.24. The molecule has 1 amide bonds. The van der Waals surface area contributed by atoms with Gasteiger partial charge in [-0.2, -0.15) is 0 Å². The standard InChI is InChI=1S/C31H37BrN4O3/c1-4-39-34-28(22-6-8-24(32)9-7-22)23-12-17-36(18-13-23)31(3)14-19-35(20-15-31)30(38)25-11-16-33-26-10-5-21(2)29(37)27(25)26/h5-11,16,23,37H,4,12-15,17-20H2,1-3H3. The fourth-order valence-corrected chi connectivity index (χ4v) is 6.26. The van der Waals surface area contributed by atoms with E-state index in [1.807, 2.05) is 30.9 Å². The van der Waals surface area contributed by atoms with E-state index in [4.69, 9.17) is 4.84 Å². The SMILES string of the molecule is CCON=C(c1ccc(Br)cc1)C1CCN(C2(C)CCN(C(=O)c3ccnc4ccc(C)c(O)c34)CC2)CC1. The number of aromatic hydroxyl groups is 1. The van der Waals surface area contributed by atoms with Gasteiger partial charge in [-0.3, -0.25) is 14.7 Å². The van der Waals surface area contributed by atoms with Gasteiger partial charge >= 0.3 is 0 Å². The first kappa shape index (κ1) is 27.6. The number of aromatic nitrogens is 1. The Morgan fingerprint density at radius 1 is 1.10 bits per heavy atom. The van der Waals surface area contributed by atoms with E-state index in [1.165, 1.54) is 0 Å². The fraction of sp³-hybridized carbons (Fsp3) is 0.452. The number of carbonyl (C=O) groups is 1. The lowest BCUT2D eigenvalue weighted by Crippen LogP contribution is -2.56. The average Bonchev–Trinajstić information content (AvgIpc) is 2.96. The number of pyridine rings is 1. The molecular formula is C31H37BrN4O3. The van der Waals surface area contributed by atoms with Gasteiger partial charge in [-0.15, -0.1) is 0 Å². The van der Waals surface area contributed by atoms with E-state index in [0.717, 1.165) is 60.1 Å². The Hall–Kier alpha value is -2.97. The summed E-state index contributed by atoms with van der Waals surface area (Å²) in [7, 11) is 0. The zero-order chi connectivity index (χ0) is 27.6. The minimum absolute atomic E-state index is 0.0321. The highest BCUT2D eigenvalue weighted by Crippen LogP contribution is 2.36. The van der Waals surface area contributed by atoms with E-state index in [1.54, 1.807) is 12.3 Å². The van der Waals surface area contributed by atoms with Gasteiger partial charge in [0.2, 0.25) is 0 Å². The molecule has 2 fully saturated rings. The summed E-state index contributed by atoms with van der Waals surface area (Å²) < 4.78 is 1.05. The molecule has 39 heavy (non-hydrogen) atoms. The lowest BCUT2D eigenvalue weighted by Gasteiger charge is -2.49. The van der Waals surface area contributed by atoms with Crippen molar-refractivity contribution in [3.63, 3.8) is 0 Å². The van der Waals surface area contributed by atoms with Crippen molar-refractivity contribution in [1.29, 1.82) is 0 Å². The Kier molecular flexibility index (Phi) is 8.24. The number of phenols is 1. The molecule has 5 rings (SSSR count). The van der Waals surface area contributed by atoms with Crippen LogP contribution in [0.3, 0.4) is 0 Å². The minimum Gasteiger partial charge on any atom is -0.507 e. The second-order valence-corrected chi connectivity index (χ2v) is 11.9. The minimum atomic E-state index is -0.0321. The van der Waals surface area contributed by atoms with Crippen molar-refractivity contribution < 1.29 is 14.7 Å². The third kappa shape index (κ3) is 5.68. The fourth-order valence-electron chi connectivity index (χ4n) is 6.00. The van der Waals surface area contributed by atoms with E-state index >= 15 is 0 Å². The molecule has 0 bridgehead atoms. The predicted octanol–water partition coefficient (Wildman–Crippen LogP) is 6.16. The van der Waals surface area contributed by atoms with Crippen molar-refractivity contribution in [2.45, 2.75) is 52.0 Å². The topological polar surface area (TPSA) is 78.3 Å². The van der Waals surface area contributed by atoms with Gasteiger partial charge in [-0.25, -0.2) is 0 Å². The molecule has 0 saturated carbocycles. The molecular weight excluding hydrogens is 556 g/mol. The van der Waals surface area contributed by atoms with E-state index in [0.29, 0.717) is 42.1 Å². The molecule has 2 aliphatic rings. The van der Waals surface area contributed by atoms with Crippen LogP contribution in [0, 0.1) is 12.8 Å². The van der Waals surface area contributed by atoms with Gasteiger partial charge < -0.3 is 14.8 Å². The number of aryl methyl sites for hydroxylation is 1. The summed E-state index contributed by atoms with van der Waals surface area (Å²) in [6, 6.07) is 13.7. The maximum atomic E-state index is 13.6. The number of rotatable bonds is 6. The zero-order valence-electron chi connectivity index (χ0n) is 23.0. The van der Waals surface area contributed by atoms with Crippen LogP contribution >= 0.6 is 15.9 Å². The summed E-state index contributed by atoms with van der Waals surface area (Å²) >= 11 is 3.53. The van der Waals surface area contributed by atoms with Gasteiger partial charge in [0, 0.05) is 35.2 Å². The molecule has 3 heterocycles. The van der Waals surface area contributed by atoms with Gasteiger partial charge in [-0.1, -0.05) is 39.3 Å². The first-order valence-electron chi connectivity index (χ1n) is 13.9. The number of fused-ring (bicyclic) bond motifs is 1. The van der Waals surface area contributed by atoms with Crippen LogP contribution in [0.4, 0.5) is 0 Å². The highest BCUT2D eigenvalue weighted by molar-refractivity contribution is 9.10. The van der Waals surface area contributed by atoms with E-state index < -0.39 is 0 Å². The number of piperidine rings is 2. The van der Waals surface area contributed by atoms with E-state index in [-0.39, 0.29) is 17.2 Å².